The highest BCUT2D eigenvalue weighted by atomic mass is 19.1. The van der Waals surface area contributed by atoms with Crippen LogP contribution in [0.2, 0.25) is 0 Å². The van der Waals surface area contributed by atoms with Gasteiger partial charge in [0.25, 0.3) is 0 Å². The molecule has 33 heavy (non-hydrogen) atoms. The van der Waals surface area contributed by atoms with Crippen molar-refractivity contribution in [3.05, 3.63) is 89.5 Å². The van der Waals surface area contributed by atoms with Crippen molar-refractivity contribution in [3.8, 4) is 6.01 Å². The molecule has 2 amide bonds. The number of cyclic esters (lactones) is 1. The van der Waals surface area contributed by atoms with Crippen LogP contribution in [0, 0.1) is 5.82 Å². The molecular formula is C25H24FN3O4. The summed E-state index contributed by atoms with van der Waals surface area (Å²) in [7, 11) is 0. The summed E-state index contributed by atoms with van der Waals surface area (Å²) in [4.78, 5) is 35.4. The van der Waals surface area contributed by atoms with E-state index in [1.807, 2.05) is 44.2 Å². The third kappa shape index (κ3) is 5.16. The molecular weight excluding hydrogens is 425 g/mol. The standard InChI is InChI=1S/C25H24FN3O4/c1-16(2)33-24-27-13-19(14-28-24)21(17-8-10-20(26)11-9-17)12-23(30)29-22(15-32-25(29)31)18-6-4-3-5-7-18/h3-11,13-14,16,21-22H,12,15H2,1-2H3. The van der Waals surface area contributed by atoms with Gasteiger partial charge in [-0.25, -0.2) is 24.1 Å². The van der Waals surface area contributed by atoms with Crippen LogP contribution >= 0.6 is 0 Å². The van der Waals surface area contributed by atoms with Crippen molar-refractivity contribution in [3.63, 3.8) is 0 Å². The first kappa shape index (κ1) is 22.4. The van der Waals surface area contributed by atoms with Gasteiger partial charge in [-0.05, 0) is 42.7 Å². The summed E-state index contributed by atoms with van der Waals surface area (Å²) in [5.74, 6) is -1.27. The first-order valence-corrected chi connectivity index (χ1v) is 10.7. The minimum absolute atomic E-state index is 0.0438. The number of aromatic nitrogens is 2. The molecule has 7 nitrogen and oxygen atoms in total. The van der Waals surface area contributed by atoms with E-state index in [0.717, 1.165) is 10.5 Å². The number of carbonyl (C=O) groups excluding carboxylic acids is 2. The fourth-order valence-electron chi connectivity index (χ4n) is 3.79. The Morgan fingerprint density at radius 3 is 2.39 bits per heavy atom. The van der Waals surface area contributed by atoms with Crippen LogP contribution in [0.4, 0.5) is 9.18 Å². The quantitative estimate of drug-likeness (QED) is 0.523. The summed E-state index contributed by atoms with van der Waals surface area (Å²) < 4.78 is 24.2. The maximum absolute atomic E-state index is 13.5. The van der Waals surface area contributed by atoms with Crippen molar-refractivity contribution in [1.82, 2.24) is 14.9 Å². The van der Waals surface area contributed by atoms with Crippen molar-refractivity contribution < 1.29 is 23.5 Å². The number of halogens is 1. The SMILES string of the molecule is CC(C)Oc1ncc(C(CC(=O)N2C(=O)OCC2c2ccccc2)c2ccc(F)cc2)cn1. The number of nitrogens with zero attached hydrogens (tertiary/aromatic N) is 3. The van der Waals surface area contributed by atoms with Crippen LogP contribution in [-0.4, -0.2) is 39.6 Å². The molecule has 0 radical (unpaired) electrons. The van der Waals surface area contributed by atoms with Gasteiger partial charge in [-0.15, -0.1) is 0 Å². The molecule has 0 N–H and O–H groups in total. The predicted octanol–water partition coefficient (Wildman–Crippen LogP) is 4.65. The van der Waals surface area contributed by atoms with Gasteiger partial charge in [-0.3, -0.25) is 4.79 Å². The second-order valence-corrected chi connectivity index (χ2v) is 8.04. The van der Waals surface area contributed by atoms with Crippen molar-refractivity contribution in [2.75, 3.05) is 6.61 Å². The van der Waals surface area contributed by atoms with E-state index in [0.29, 0.717) is 11.1 Å². The minimum atomic E-state index is -0.677. The molecule has 1 saturated heterocycles. The third-order valence-corrected chi connectivity index (χ3v) is 5.37. The van der Waals surface area contributed by atoms with Gasteiger partial charge in [-0.2, -0.15) is 0 Å². The molecule has 2 aromatic carbocycles. The minimum Gasteiger partial charge on any atom is -0.461 e. The fraction of sp³-hybridized carbons (Fsp3) is 0.280. The maximum Gasteiger partial charge on any atom is 0.417 e. The molecule has 1 fully saturated rings. The first-order valence-electron chi connectivity index (χ1n) is 10.7. The van der Waals surface area contributed by atoms with Gasteiger partial charge in [0, 0.05) is 24.7 Å². The van der Waals surface area contributed by atoms with Crippen molar-refractivity contribution in [1.29, 1.82) is 0 Å². The average molecular weight is 449 g/mol. The number of hydrogen-bond donors (Lipinski definition) is 0. The predicted molar refractivity (Wildman–Crippen MR) is 118 cm³/mol. The average Bonchev–Trinajstić information content (AvgIpc) is 3.20. The van der Waals surface area contributed by atoms with E-state index < -0.39 is 24.0 Å². The molecule has 0 saturated carbocycles. The Labute approximate surface area is 191 Å². The van der Waals surface area contributed by atoms with Crippen LogP contribution in [0.5, 0.6) is 6.01 Å². The normalized spacial score (nSPS) is 16.5. The zero-order chi connectivity index (χ0) is 23.4. The van der Waals surface area contributed by atoms with E-state index >= 15 is 0 Å². The highest BCUT2D eigenvalue weighted by molar-refractivity contribution is 5.94. The number of benzene rings is 2. The molecule has 1 aromatic heterocycles. The van der Waals surface area contributed by atoms with Gasteiger partial charge in [0.1, 0.15) is 18.5 Å². The lowest BCUT2D eigenvalue weighted by molar-refractivity contribution is -0.129. The number of ether oxygens (including phenoxy) is 2. The second-order valence-electron chi connectivity index (χ2n) is 8.04. The second kappa shape index (κ2) is 9.77. The third-order valence-electron chi connectivity index (χ3n) is 5.37. The van der Waals surface area contributed by atoms with Crippen molar-refractivity contribution in [2.24, 2.45) is 0 Å². The Morgan fingerprint density at radius 1 is 1.09 bits per heavy atom. The van der Waals surface area contributed by atoms with Gasteiger partial charge < -0.3 is 9.47 Å². The summed E-state index contributed by atoms with van der Waals surface area (Å²) >= 11 is 0. The van der Waals surface area contributed by atoms with Crippen LogP contribution in [0.15, 0.2) is 67.0 Å². The molecule has 170 valence electrons. The summed E-state index contributed by atoms with van der Waals surface area (Å²) in [6, 6.07) is 14.9. The van der Waals surface area contributed by atoms with E-state index in [4.69, 9.17) is 9.47 Å². The highest BCUT2D eigenvalue weighted by Gasteiger charge is 2.39. The highest BCUT2D eigenvalue weighted by Crippen LogP contribution is 2.33. The molecule has 0 bridgehead atoms. The largest absolute Gasteiger partial charge is 0.461 e. The number of rotatable bonds is 7. The Bertz CT molecular complexity index is 1100. The lowest BCUT2D eigenvalue weighted by Gasteiger charge is -2.23. The fourth-order valence-corrected chi connectivity index (χ4v) is 3.79. The van der Waals surface area contributed by atoms with Crippen LogP contribution in [0.25, 0.3) is 0 Å². The summed E-state index contributed by atoms with van der Waals surface area (Å²) in [6.45, 7) is 3.84. The molecule has 2 heterocycles. The van der Waals surface area contributed by atoms with E-state index in [-0.39, 0.29) is 31.0 Å². The number of carbonyl (C=O) groups is 2. The summed E-state index contributed by atoms with van der Waals surface area (Å²) in [5.41, 5.74) is 2.16. The van der Waals surface area contributed by atoms with Crippen LogP contribution in [0.1, 0.15) is 48.9 Å². The van der Waals surface area contributed by atoms with Crippen LogP contribution in [0.3, 0.4) is 0 Å². The number of imide groups is 1. The summed E-state index contributed by atoms with van der Waals surface area (Å²) in [5, 5.41) is 0. The molecule has 2 unspecified atom stereocenters. The van der Waals surface area contributed by atoms with Gasteiger partial charge in [0.15, 0.2) is 0 Å². The van der Waals surface area contributed by atoms with Gasteiger partial charge in [0.2, 0.25) is 5.91 Å². The van der Waals surface area contributed by atoms with Crippen molar-refractivity contribution in [2.45, 2.75) is 38.3 Å². The molecule has 8 heteroatoms. The Balaban J connectivity index is 1.62. The number of hydrogen-bond acceptors (Lipinski definition) is 6. The molecule has 1 aliphatic heterocycles. The molecule has 2 atom stereocenters. The van der Waals surface area contributed by atoms with Crippen molar-refractivity contribution >= 4 is 12.0 Å². The molecule has 4 rings (SSSR count). The van der Waals surface area contributed by atoms with Crippen LogP contribution < -0.4 is 4.74 Å². The first-order chi connectivity index (χ1) is 15.9. The van der Waals surface area contributed by atoms with E-state index in [1.165, 1.54) is 12.1 Å². The molecule has 0 spiro atoms. The monoisotopic (exact) mass is 449 g/mol. The topological polar surface area (TPSA) is 81.6 Å². The Morgan fingerprint density at radius 2 is 1.76 bits per heavy atom. The molecule has 1 aliphatic rings. The Hall–Kier alpha value is -3.81. The van der Waals surface area contributed by atoms with E-state index in [1.54, 1.807) is 24.5 Å². The molecule has 3 aromatic rings. The molecule has 0 aliphatic carbocycles. The smallest absolute Gasteiger partial charge is 0.417 e. The van der Waals surface area contributed by atoms with E-state index in [9.17, 15) is 14.0 Å². The van der Waals surface area contributed by atoms with Gasteiger partial charge in [0.05, 0.1) is 6.10 Å². The van der Waals surface area contributed by atoms with Gasteiger partial charge in [-0.1, -0.05) is 42.5 Å². The zero-order valence-electron chi connectivity index (χ0n) is 18.3. The summed E-state index contributed by atoms with van der Waals surface area (Å²) in [6.07, 6.45) is 2.37. The Kier molecular flexibility index (Phi) is 6.63. The van der Waals surface area contributed by atoms with Crippen LogP contribution in [-0.2, 0) is 9.53 Å². The van der Waals surface area contributed by atoms with Gasteiger partial charge >= 0.3 is 12.1 Å². The zero-order valence-corrected chi connectivity index (χ0v) is 18.3. The lowest BCUT2D eigenvalue weighted by Crippen LogP contribution is -2.35. The lowest BCUT2D eigenvalue weighted by atomic mass is 9.89. The van der Waals surface area contributed by atoms with E-state index in [2.05, 4.69) is 9.97 Å². The maximum atomic E-state index is 13.5. The number of amides is 2.